The zero-order valence-corrected chi connectivity index (χ0v) is 11.3. The largest absolute Gasteiger partial charge is 0.325 e. The Morgan fingerprint density at radius 1 is 1.47 bits per heavy atom. The lowest BCUT2D eigenvalue weighted by molar-refractivity contribution is -0.134. The molecular weight excluding hydrogens is 236 g/mol. The van der Waals surface area contributed by atoms with E-state index in [-0.39, 0.29) is 17.9 Å². The van der Waals surface area contributed by atoms with Gasteiger partial charge in [0.15, 0.2) is 0 Å². The first kappa shape index (κ1) is 12.7. The molecule has 4 nitrogen and oxygen atoms in total. The molecule has 2 aliphatic rings. The van der Waals surface area contributed by atoms with Gasteiger partial charge in [0.25, 0.3) is 5.91 Å². The Morgan fingerprint density at radius 2 is 2.24 bits per heavy atom. The fourth-order valence-corrected chi connectivity index (χ4v) is 3.25. The van der Waals surface area contributed by atoms with E-state index in [0.717, 1.165) is 31.4 Å². The fraction of sp³-hybridized carbons (Fsp3) is 0.833. The van der Waals surface area contributed by atoms with E-state index in [9.17, 15) is 9.59 Å². The van der Waals surface area contributed by atoms with Crippen LogP contribution in [0.5, 0.6) is 0 Å². The summed E-state index contributed by atoms with van der Waals surface area (Å²) < 4.78 is 0. The number of carbonyl (C=O) groups excluding carboxylic acids is 2. The Kier molecular flexibility index (Phi) is 3.66. The van der Waals surface area contributed by atoms with Gasteiger partial charge in [-0.2, -0.15) is 11.8 Å². The van der Waals surface area contributed by atoms with Gasteiger partial charge < -0.3 is 5.32 Å². The highest BCUT2D eigenvalue weighted by Gasteiger charge is 2.54. The second-order valence-corrected chi connectivity index (χ2v) is 5.98. The number of carbonyl (C=O) groups is 2. The highest BCUT2D eigenvalue weighted by Crippen LogP contribution is 2.38. The first-order chi connectivity index (χ1) is 8.12. The minimum atomic E-state index is -0.590. The molecule has 1 aliphatic heterocycles. The van der Waals surface area contributed by atoms with Gasteiger partial charge in [-0.25, -0.2) is 4.79 Å². The molecule has 1 N–H and O–H groups in total. The van der Waals surface area contributed by atoms with E-state index >= 15 is 0 Å². The van der Waals surface area contributed by atoms with Crippen LogP contribution in [0.2, 0.25) is 0 Å². The summed E-state index contributed by atoms with van der Waals surface area (Å²) in [6.07, 6.45) is 6.01. The normalized spacial score (nSPS) is 33.3. The van der Waals surface area contributed by atoms with Crippen molar-refractivity contribution in [3.63, 3.8) is 0 Å². The summed E-state index contributed by atoms with van der Waals surface area (Å²) in [6.45, 7) is 2.61. The lowest BCUT2D eigenvalue weighted by Gasteiger charge is -2.36. The van der Waals surface area contributed by atoms with Gasteiger partial charge in [-0.3, -0.25) is 9.69 Å². The molecule has 0 aromatic heterocycles. The Hall–Kier alpha value is -0.710. The smallest absolute Gasteiger partial charge is 0.323 e. The third kappa shape index (κ3) is 2.05. The predicted octanol–water partition coefficient (Wildman–Crippen LogP) is 1.85. The molecule has 1 spiro atoms. The number of amides is 3. The Labute approximate surface area is 106 Å². The summed E-state index contributed by atoms with van der Waals surface area (Å²) >= 11 is 1.65. The molecule has 3 amide bonds. The van der Waals surface area contributed by atoms with E-state index in [1.165, 1.54) is 4.90 Å². The molecule has 1 aliphatic carbocycles. The van der Waals surface area contributed by atoms with Crippen molar-refractivity contribution in [3.8, 4) is 0 Å². The first-order valence-corrected chi connectivity index (χ1v) is 7.64. The first-order valence-electron chi connectivity index (χ1n) is 6.25. The number of nitrogens with one attached hydrogen (secondary N) is 1. The number of urea groups is 1. The highest BCUT2D eigenvalue weighted by molar-refractivity contribution is 7.98. The van der Waals surface area contributed by atoms with Crippen LogP contribution in [0.15, 0.2) is 0 Å². The molecule has 1 saturated heterocycles. The summed E-state index contributed by atoms with van der Waals surface area (Å²) in [5, 5.41) is 2.96. The number of hydrogen-bond donors (Lipinski definition) is 1. The number of nitrogens with zero attached hydrogens (tertiary/aromatic N) is 1. The quantitative estimate of drug-likeness (QED) is 0.784. The Bertz CT molecular complexity index is 334. The van der Waals surface area contributed by atoms with Crippen LogP contribution < -0.4 is 5.32 Å². The van der Waals surface area contributed by atoms with Crippen LogP contribution in [0.1, 0.15) is 32.6 Å². The van der Waals surface area contributed by atoms with Crippen molar-refractivity contribution >= 4 is 23.7 Å². The van der Waals surface area contributed by atoms with Crippen LogP contribution in [-0.4, -0.2) is 40.9 Å². The van der Waals surface area contributed by atoms with Crippen molar-refractivity contribution < 1.29 is 9.59 Å². The van der Waals surface area contributed by atoms with Gasteiger partial charge in [0, 0.05) is 12.3 Å². The van der Waals surface area contributed by atoms with Crippen LogP contribution in [0.3, 0.4) is 0 Å². The molecule has 2 fully saturated rings. The van der Waals surface area contributed by atoms with Crippen molar-refractivity contribution in [2.75, 3.05) is 18.6 Å². The van der Waals surface area contributed by atoms with Crippen LogP contribution in [-0.2, 0) is 4.79 Å². The molecule has 5 heteroatoms. The molecule has 1 heterocycles. The SMILES string of the molecule is CSCCN1C(=O)N[C@]2(CCCC[C@H]2C)C1=O. The Balaban J connectivity index is 2.16. The minimum Gasteiger partial charge on any atom is -0.323 e. The van der Waals surface area contributed by atoms with Crippen molar-refractivity contribution in [3.05, 3.63) is 0 Å². The van der Waals surface area contributed by atoms with Gasteiger partial charge in [0.05, 0.1) is 0 Å². The van der Waals surface area contributed by atoms with E-state index in [1.54, 1.807) is 11.8 Å². The van der Waals surface area contributed by atoms with E-state index in [0.29, 0.717) is 6.54 Å². The van der Waals surface area contributed by atoms with Gasteiger partial charge in [0.1, 0.15) is 5.54 Å². The second kappa shape index (κ2) is 4.88. The van der Waals surface area contributed by atoms with Crippen LogP contribution in [0.25, 0.3) is 0 Å². The van der Waals surface area contributed by atoms with Crippen molar-refractivity contribution in [2.45, 2.75) is 38.1 Å². The molecular formula is C12H20N2O2S. The topological polar surface area (TPSA) is 49.4 Å². The average molecular weight is 256 g/mol. The Morgan fingerprint density at radius 3 is 2.88 bits per heavy atom. The van der Waals surface area contributed by atoms with Gasteiger partial charge in [-0.05, 0) is 25.0 Å². The molecule has 17 heavy (non-hydrogen) atoms. The zero-order valence-electron chi connectivity index (χ0n) is 10.5. The second-order valence-electron chi connectivity index (χ2n) is 5.00. The predicted molar refractivity (Wildman–Crippen MR) is 69.0 cm³/mol. The molecule has 0 radical (unpaired) electrons. The van der Waals surface area contributed by atoms with Crippen molar-refractivity contribution in [2.24, 2.45) is 5.92 Å². The number of thioether (sulfide) groups is 1. The third-order valence-electron chi connectivity index (χ3n) is 4.02. The highest BCUT2D eigenvalue weighted by atomic mass is 32.2. The zero-order chi connectivity index (χ0) is 12.5. The van der Waals surface area contributed by atoms with E-state index in [1.807, 2.05) is 6.26 Å². The van der Waals surface area contributed by atoms with Crippen molar-refractivity contribution in [1.29, 1.82) is 0 Å². The molecule has 0 aromatic carbocycles. The lowest BCUT2D eigenvalue weighted by Crippen LogP contribution is -2.54. The third-order valence-corrected chi connectivity index (χ3v) is 4.61. The van der Waals surface area contributed by atoms with E-state index in [2.05, 4.69) is 12.2 Å². The van der Waals surface area contributed by atoms with Crippen LogP contribution in [0, 0.1) is 5.92 Å². The maximum atomic E-state index is 12.4. The maximum Gasteiger partial charge on any atom is 0.325 e. The van der Waals surface area contributed by atoms with Crippen LogP contribution in [0.4, 0.5) is 4.79 Å². The molecule has 0 unspecified atom stereocenters. The summed E-state index contributed by atoms with van der Waals surface area (Å²) in [7, 11) is 0. The number of rotatable bonds is 3. The summed E-state index contributed by atoms with van der Waals surface area (Å²) in [5.41, 5.74) is -0.590. The molecule has 96 valence electrons. The molecule has 0 bridgehead atoms. The van der Waals surface area contributed by atoms with E-state index in [4.69, 9.17) is 0 Å². The van der Waals surface area contributed by atoms with Gasteiger partial charge in [-0.15, -0.1) is 0 Å². The van der Waals surface area contributed by atoms with Gasteiger partial charge in [0.2, 0.25) is 0 Å². The van der Waals surface area contributed by atoms with Crippen LogP contribution >= 0.6 is 11.8 Å². The molecule has 0 aromatic rings. The summed E-state index contributed by atoms with van der Waals surface area (Å²) in [6, 6.07) is -0.196. The number of imide groups is 1. The molecule has 1 saturated carbocycles. The monoisotopic (exact) mass is 256 g/mol. The lowest BCUT2D eigenvalue weighted by atomic mass is 9.73. The summed E-state index contributed by atoms with van der Waals surface area (Å²) in [4.78, 5) is 25.7. The molecule has 2 atom stereocenters. The van der Waals surface area contributed by atoms with Gasteiger partial charge >= 0.3 is 6.03 Å². The van der Waals surface area contributed by atoms with Crippen molar-refractivity contribution in [1.82, 2.24) is 10.2 Å². The van der Waals surface area contributed by atoms with E-state index < -0.39 is 5.54 Å². The van der Waals surface area contributed by atoms with Gasteiger partial charge in [-0.1, -0.05) is 19.8 Å². The average Bonchev–Trinajstić information content (AvgIpc) is 2.54. The standard InChI is InChI=1S/C12H20N2O2S/c1-9-5-3-4-6-12(9)10(15)14(7-8-17-2)11(16)13-12/h9H,3-8H2,1-2H3,(H,13,16)/t9-,12+/m1/s1. The molecule has 2 rings (SSSR count). The fourth-order valence-electron chi connectivity index (χ4n) is 2.88. The maximum absolute atomic E-state index is 12.4. The minimum absolute atomic E-state index is 0.00347. The number of hydrogen-bond acceptors (Lipinski definition) is 3. The summed E-state index contributed by atoms with van der Waals surface area (Å²) in [5.74, 6) is 1.07.